The monoisotopic (exact) mass is 313 g/mol. The number of rotatable bonds is 1. The number of benzene rings is 1. The standard InChI is InChI=1S/C15H14F3NO3/c16-15(17,18)10-1-2-13-11(7-10)12(21)8-14(22-13)3-5-19(9-20)6-4-14/h1-2,7,9H,3-6,8H2. The molecule has 0 unspecified atom stereocenters. The van der Waals surface area contributed by atoms with Gasteiger partial charge >= 0.3 is 6.18 Å². The lowest BCUT2D eigenvalue weighted by atomic mass is 9.82. The van der Waals surface area contributed by atoms with Gasteiger partial charge in [-0.25, -0.2) is 0 Å². The Morgan fingerprint density at radius 1 is 1.23 bits per heavy atom. The SMILES string of the molecule is O=CN1CCC2(CC1)CC(=O)c1cc(C(F)(F)F)ccc1O2. The van der Waals surface area contributed by atoms with Crippen LogP contribution in [0.5, 0.6) is 5.75 Å². The van der Waals surface area contributed by atoms with Gasteiger partial charge in [0.1, 0.15) is 11.4 Å². The Morgan fingerprint density at radius 2 is 1.91 bits per heavy atom. The van der Waals surface area contributed by atoms with Crippen LogP contribution in [0.3, 0.4) is 0 Å². The summed E-state index contributed by atoms with van der Waals surface area (Å²) in [5.74, 6) is -0.143. The highest BCUT2D eigenvalue weighted by Crippen LogP contribution is 2.41. The Labute approximate surface area is 124 Å². The van der Waals surface area contributed by atoms with Gasteiger partial charge in [-0.05, 0) is 18.2 Å². The number of ketones is 1. The van der Waals surface area contributed by atoms with E-state index in [-0.39, 0.29) is 23.5 Å². The highest BCUT2D eigenvalue weighted by Gasteiger charge is 2.43. The molecule has 0 saturated carbocycles. The first-order valence-corrected chi connectivity index (χ1v) is 6.96. The Morgan fingerprint density at radius 3 is 2.50 bits per heavy atom. The van der Waals surface area contributed by atoms with E-state index in [1.807, 2.05) is 0 Å². The van der Waals surface area contributed by atoms with Crippen molar-refractivity contribution in [3.05, 3.63) is 29.3 Å². The Hall–Kier alpha value is -2.05. The van der Waals surface area contributed by atoms with Crippen LogP contribution in [0.15, 0.2) is 18.2 Å². The third-order valence-electron chi connectivity index (χ3n) is 4.27. The molecule has 2 aliphatic heterocycles. The summed E-state index contributed by atoms with van der Waals surface area (Å²) in [6.45, 7) is 0.958. The van der Waals surface area contributed by atoms with Crippen molar-refractivity contribution < 1.29 is 27.5 Å². The van der Waals surface area contributed by atoms with Gasteiger partial charge in [-0.15, -0.1) is 0 Å². The molecule has 7 heteroatoms. The number of hydrogen-bond donors (Lipinski definition) is 0. The van der Waals surface area contributed by atoms with Crippen molar-refractivity contribution in [1.82, 2.24) is 4.90 Å². The number of likely N-dealkylation sites (tertiary alicyclic amines) is 1. The summed E-state index contributed by atoms with van der Waals surface area (Å²) >= 11 is 0. The fourth-order valence-electron chi connectivity index (χ4n) is 2.99. The topological polar surface area (TPSA) is 46.6 Å². The molecule has 1 aromatic rings. The van der Waals surface area contributed by atoms with Gasteiger partial charge in [0.2, 0.25) is 6.41 Å². The van der Waals surface area contributed by atoms with Crippen molar-refractivity contribution >= 4 is 12.2 Å². The van der Waals surface area contributed by atoms with E-state index in [4.69, 9.17) is 4.74 Å². The predicted octanol–water partition coefficient (Wildman–Crippen LogP) is 2.66. The summed E-state index contributed by atoms with van der Waals surface area (Å²) < 4.78 is 44.0. The van der Waals surface area contributed by atoms with Gasteiger partial charge in [-0.2, -0.15) is 13.2 Å². The molecule has 0 bridgehead atoms. The predicted molar refractivity (Wildman–Crippen MR) is 70.6 cm³/mol. The molecule has 0 aromatic heterocycles. The number of hydrogen-bond acceptors (Lipinski definition) is 3. The minimum Gasteiger partial charge on any atom is -0.486 e. The third-order valence-corrected chi connectivity index (χ3v) is 4.27. The number of Topliss-reactive ketones (excluding diaryl/α,β-unsaturated/α-hetero) is 1. The second-order valence-corrected chi connectivity index (χ2v) is 5.74. The summed E-state index contributed by atoms with van der Waals surface area (Å²) in [5, 5.41) is 0. The quantitative estimate of drug-likeness (QED) is 0.749. The van der Waals surface area contributed by atoms with Gasteiger partial charge in [0.05, 0.1) is 17.5 Å². The van der Waals surface area contributed by atoms with E-state index in [0.29, 0.717) is 25.9 Å². The Balaban J connectivity index is 1.88. The second-order valence-electron chi connectivity index (χ2n) is 5.74. The van der Waals surface area contributed by atoms with E-state index >= 15 is 0 Å². The van der Waals surface area contributed by atoms with Crippen LogP contribution in [-0.2, 0) is 11.0 Å². The van der Waals surface area contributed by atoms with Crippen molar-refractivity contribution in [3.63, 3.8) is 0 Å². The molecule has 1 spiro atoms. The molecule has 3 rings (SSSR count). The zero-order chi connectivity index (χ0) is 16.0. The van der Waals surface area contributed by atoms with Crippen LogP contribution in [0, 0.1) is 0 Å². The fraction of sp³-hybridized carbons (Fsp3) is 0.467. The summed E-state index contributed by atoms with van der Waals surface area (Å²) in [4.78, 5) is 24.6. The van der Waals surface area contributed by atoms with E-state index in [0.717, 1.165) is 18.5 Å². The smallest absolute Gasteiger partial charge is 0.416 e. The number of fused-ring (bicyclic) bond motifs is 1. The molecule has 0 aliphatic carbocycles. The maximum Gasteiger partial charge on any atom is 0.416 e. The normalized spacial score (nSPS) is 20.5. The second kappa shape index (κ2) is 5.00. The summed E-state index contributed by atoms with van der Waals surface area (Å²) in [6, 6.07) is 2.99. The number of halogens is 3. The van der Waals surface area contributed by atoms with Crippen molar-refractivity contribution in [2.45, 2.75) is 31.0 Å². The van der Waals surface area contributed by atoms with Crippen LogP contribution in [-0.4, -0.2) is 35.8 Å². The maximum atomic E-state index is 12.7. The lowest BCUT2D eigenvalue weighted by molar-refractivity contribution is -0.137. The molecule has 1 fully saturated rings. The van der Waals surface area contributed by atoms with Crippen LogP contribution >= 0.6 is 0 Å². The highest BCUT2D eigenvalue weighted by molar-refractivity contribution is 6.00. The van der Waals surface area contributed by atoms with Gasteiger partial charge < -0.3 is 9.64 Å². The zero-order valence-corrected chi connectivity index (χ0v) is 11.7. The molecule has 0 atom stereocenters. The first kappa shape index (κ1) is 14.9. The number of carbonyl (C=O) groups is 2. The first-order valence-electron chi connectivity index (χ1n) is 6.96. The molecule has 4 nitrogen and oxygen atoms in total. The number of amides is 1. The largest absolute Gasteiger partial charge is 0.486 e. The Kier molecular flexibility index (Phi) is 3.38. The van der Waals surface area contributed by atoms with Crippen molar-refractivity contribution in [2.75, 3.05) is 13.1 Å². The lowest BCUT2D eigenvalue weighted by Gasteiger charge is -2.43. The molecular formula is C15H14F3NO3. The maximum absolute atomic E-state index is 12.7. The third kappa shape index (κ3) is 2.55. The molecule has 1 aromatic carbocycles. The van der Waals surface area contributed by atoms with Gasteiger partial charge in [0.25, 0.3) is 0 Å². The summed E-state index contributed by atoms with van der Waals surface area (Å²) in [5.41, 5.74) is -1.57. The number of ether oxygens (including phenoxy) is 1. The minimum atomic E-state index is -4.49. The van der Waals surface area contributed by atoms with E-state index in [1.165, 1.54) is 6.07 Å². The molecule has 1 amide bonds. The Bertz CT molecular complexity index is 619. The number of piperidine rings is 1. The summed E-state index contributed by atoms with van der Waals surface area (Å²) in [6.07, 6.45) is -2.69. The number of carbonyl (C=O) groups excluding carboxylic acids is 2. The van der Waals surface area contributed by atoms with Crippen LogP contribution in [0.1, 0.15) is 35.2 Å². The zero-order valence-electron chi connectivity index (χ0n) is 11.7. The molecule has 1 saturated heterocycles. The van der Waals surface area contributed by atoms with Gasteiger partial charge in [0.15, 0.2) is 5.78 Å². The van der Waals surface area contributed by atoms with Crippen molar-refractivity contribution in [2.24, 2.45) is 0 Å². The van der Waals surface area contributed by atoms with Crippen molar-refractivity contribution in [3.8, 4) is 5.75 Å². The van der Waals surface area contributed by atoms with Crippen LogP contribution in [0.2, 0.25) is 0 Å². The molecule has 0 radical (unpaired) electrons. The molecule has 0 N–H and O–H groups in total. The number of nitrogens with zero attached hydrogens (tertiary/aromatic N) is 1. The highest BCUT2D eigenvalue weighted by atomic mass is 19.4. The first-order chi connectivity index (χ1) is 10.3. The van der Waals surface area contributed by atoms with Crippen LogP contribution in [0.25, 0.3) is 0 Å². The van der Waals surface area contributed by atoms with Gasteiger partial charge in [0, 0.05) is 25.9 Å². The summed E-state index contributed by atoms with van der Waals surface area (Å²) in [7, 11) is 0. The van der Waals surface area contributed by atoms with E-state index in [9.17, 15) is 22.8 Å². The van der Waals surface area contributed by atoms with E-state index in [1.54, 1.807) is 4.90 Å². The van der Waals surface area contributed by atoms with Crippen LogP contribution in [0.4, 0.5) is 13.2 Å². The average molecular weight is 313 g/mol. The van der Waals surface area contributed by atoms with E-state index in [2.05, 4.69) is 0 Å². The molecular weight excluding hydrogens is 299 g/mol. The lowest BCUT2D eigenvalue weighted by Crippen LogP contribution is -2.50. The molecule has 2 heterocycles. The molecule has 118 valence electrons. The van der Waals surface area contributed by atoms with Crippen LogP contribution < -0.4 is 4.74 Å². The molecule has 2 aliphatic rings. The van der Waals surface area contributed by atoms with Gasteiger partial charge in [-0.1, -0.05) is 0 Å². The average Bonchev–Trinajstić information content (AvgIpc) is 2.47. The number of alkyl halides is 3. The van der Waals surface area contributed by atoms with E-state index < -0.39 is 17.3 Å². The van der Waals surface area contributed by atoms with Gasteiger partial charge in [-0.3, -0.25) is 9.59 Å². The molecule has 22 heavy (non-hydrogen) atoms. The van der Waals surface area contributed by atoms with Crippen molar-refractivity contribution in [1.29, 1.82) is 0 Å². The fourth-order valence-corrected chi connectivity index (χ4v) is 2.99. The minimum absolute atomic E-state index is 0.0155.